The summed E-state index contributed by atoms with van der Waals surface area (Å²) in [6, 6.07) is 24.1. The molecule has 2 amide bonds. The molecule has 0 spiro atoms. The molecule has 3 aromatic carbocycles. The van der Waals surface area contributed by atoms with Crippen molar-refractivity contribution < 1.29 is 18.7 Å². The number of nitrogens with zero attached hydrogens (tertiary/aromatic N) is 1. The first-order valence-corrected chi connectivity index (χ1v) is 15.9. The number of fused-ring (bicyclic) bond motifs is 9. The van der Waals surface area contributed by atoms with Crippen LogP contribution in [0.5, 0.6) is 5.75 Å². The Labute approximate surface area is 249 Å². The maximum Gasteiger partial charge on any atom is 0.238 e. The van der Waals surface area contributed by atoms with Crippen LogP contribution < -0.4 is 9.64 Å². The van der Waals surface area contributed by atoms with Crippen molar-refractivity contribution in [3.63, 3.8) is 0 Å². The molecule has 1 N–H and O–H groups in total. The summed E-state index contributed by atoms with van der Waals surface area (Å²) >= 11 is 9.00. The Hall–Kier alpha value is -3.27. The van der Waals surface area contributed by atoms with Gasteiger partial charge in [0.15, 0.2) is 3.95 Å². The molecule has 1 saturated heterocycles. The number of ether oxygens (including phenoxy) is 1. The van der Waals surface area contributed by atoms with Crippen LogP contribution in [-0.2, 0) is 16.2 Å². The number of carbonyl (C=O) groups is 2. The Balaban J connectivity index is 1.16. The van der Waals surface area contributed by atoms with Crippen LogP contribution in [0.3, 0.4) is 0 Å². The van der Waals surface area contributed by atoms with Crippen LogP contribution in [0, 0.1) is 39.4 Å². The highest BCUT2D eigenvalue weighted by molar-refractivity contribution is 8.00. The second kappa shape index (κ2) is 9.64. The number of rotatable bonds is 5. The molecule has 1 aromatic heterocycles. The van der Waals surface area contributed by atoms with Crippen molar-refractivity contribution in [1.29, 1.82) is 0 Å². The molecular weight excluding hydrogens is 576 g/mol. The van der Waals surface area contributed by atoms with Gasteiger partial charge in [-0.3, -0.25) is 14.5 Å². The summed E-state index contributed by atoms with van der Waals surface area (Å²) in [6.07, 6.45) is 0.864. The summed E-state index contributed by atoms with van der Waals surface area (Å²) in [5.41, 5.74) is 2.70. The molecule has 206 valence electrons. The standard InChI is InChI=1S/C32H25FN2O3S3/c33-18-9-11-19(12-10-18)35-30(36)25-21-14-22(26(25)31(35)37)27-24(21)23(28-29(40-27)34-32(39)41-28)17-7-4-8-20(13-17)38-15-16-5-2-1-3-6-16/h1-13,21-27H,14-15H2,(H,34,39). The molecule has 3 fully saturated rings. The van der Waals surface area contributed by atoms with E-state index in [2.05, 4.69) is 17.1 Å². The first-order chi connectivity index (χ1) is 20.0. The summed E-state index contributed by atoms with van der Waals surface area (Å²) in [6.45, 7) is 0.482. The number of halogens is 1. The van der Waals surface area contributed by atoms with E-state index in [9.17, 15) is 14.0 Å². The van der Waals surface area contributed by atoms with Crippen molar-refractivity contribution in [3.8, 4) is 5.75 Å². The molecule has 3 heterocycles. The molecule has 2 aliphatic carbocycles. The van der Waals surface area contributed by atoms with Crippen molar-refractivity contribution in [1.82, 2.24) is 4.98 Å². The van der Waals surface area contributed by atoms with Gasteiger partial charge < -0.3 is 9.72 Å². The number of aromatic amines is 1. The zero-order chi connectivity index (χ0) is 27.8. The molecule has 7 atom stereocenters. The van der Waals surface area contributed by atoms with Crippen LogP contribution in [-0.4, -0.2) is 22.0 Å². The first-order valence-electron chi connectivity index (χ1n) is 13.8. The monoisotopic (exact) mass is 600 g/mol. The molecule has 2 aliphatic heterocycles. The number of carbonyl (C=O) groups excluding carboxylic acids is 2. The lowest BCUT2D eigenvalue weighted by Crippen LogP contribution is -2.42. The van der Waals surface area contributed by atoms with E-state index >= 15 is 0 Å². The van der Waals surface area contributed by atoms with Crippen LogP contribution in [0.1, 0.15) is 28.3 Å². The van der Waals surface area contributed by atoms with E-state index in [4.69, 9.17) is 17.0 Å². The summed E-state index contributed by atoms with van der Waals surface area (Å²) in [7, 11) is 0. The molecule has 0 radical (unpaired) electrons. The predicted molar refractivity (Wildman–Crippen MR) is 159 cm³/mol. The number of H-pyrrole nitrogens is 1. The summed E-state index contributed by atoms with van der Waals surface area (Å²) < 4.78 is 20.6. The van der Waals surface area contributed by atoms with Crippen molar-refractivity contribution in [3.05, 3.63) is 105 Å². The summed E-state index contributed by atoms with van der Waals surface area (Å²) in [5, 5.41) is 1.27. The minimum Gasteiger partial charge on any atom is -0.489 e. The molecule has 9 heteroatoms. The summed E-state index contributed by atoms with van der Waals surface area (Å²) in [5.74, 6) is -0.159. The zero-order valence-electron chi connectivity index (χ0n) is 21.7. The van der Waals surface area contributed by atoms with Gasteiger partial charge in [-0.15, -0.1) is 23.1 Å². The van der Waals surface area contributed by atoms with Gasteiger partial charge in [0.1, 0.15) is 18.2 Å². The number of amides is 2. The van der Waals surface area contributed by atoms with Gasteiger partial charge in [0, 0.05) is 16.0 Å². The third-order valence-corrected chi connectivity index (χ3v) is 12.2. The minimum atomic E-state index is -0.392. The van der Waals surface area contributed by atoms with Crippen molar-refractivity contribution >= 4 is 52.8 Å². The van der Waals surface area contributed by atoms with E-state index < -0.39 is 5.82 Å². The zero-order valence-corrected chi connectivity index (χ0v) is 24.2. The van der Waals surface area contributed by atoms with Gasteiger partial charge in [-0.1, -0.05) is 42.5 Å². The Bertz CT molecular complexity index is 1740. The van der Waals surface area contributed by atoms with Gasteiger partial charge >= 0.3 is 0 Å². The number of imide groups is 1. The van der Waals surface area contributed by atoms with E-state index in [-0.39, 0.29) is 52.6 Å². The number of thioether (sulfide) groups is 1. The second-order valence-corrected chi connectivity index (χ2v) is 14.2. The van der Waals surface area contributed by atoms with Crippen LogP contribution in [0.15, 0.2) is 83.9 Å². The SMILES string of the molecule is O=C1C2C3CC(C2C(=O)N1c1ccc(F)cc1)C1C(c2cccc(OCc4ccccc4)c2)c2sc(=S)[nH]c2SC31. The first kappa shape index (κ1) is 25.4. The molecule has 4 aromatic rings. The lowest BCUT2D eigenvalue weighted by molar-refractivity contribution is -0.123. The molecule has 4 aliphatic rings. The van der Waals surface area contributed by atoms with E-state index in [1.807, 2.05) is 42.5 Å². The molecule has 5 nitrogen and oxygen atoms in total. The third kappa shape index (κ3) is 3.96. The third-order valence-electron chi connectivity index (χ3n) is 9.27. The topological polar surface area (TPSA) is 62.4 Å². The van der Waals surface area contributed by atoms with Crippen LogP contribution in [0.2, 0.25) is 0 Å². The second-order valence-electron chi connectivity index (χ2n) is 11.3. The average molecular weight is 601 g/mol. The van der Waals surface area contributed by atoms with Crippen molar-refractivity contribution in [2.24, 2.45) is 29.6 Å². The smallest absolute Gasteiger partial charge is 0.238 e. The number of hydrogen-bond acceptors (Lipinski definition) is 6. The largest absolute Gasteiger partial charge is 0.489 e. The fraction of sp³-hybridized carbons (Fsp3) is 0.281. The van der Waals surface area contributed by atoms with Gasteiger partial charge in [-0.05, 0) is 83.9 Å². The number of hydrogen-bond donors (Lipinski definition) is 1. The fourth-order valence-electron chi connectivity index (χ4n) is 7.77. The maximum atomic E-state index is 13.9. The number of anilines is 1. The normalized spacial score (nSPS) is 29.4. The van der Waals surface area contributed by atoms with Crippen LogP contribution >= 0.6 is 35.3 Å². The van der Waals surface area contributed by atoms with E-state index in [0.717, 1.165) is 32.3 Å². The fourth-order valence-corrected chi connectivity index (χ4v) is 11.1. The molecule has 2 bridgehead atoms. The highest BCUT2D eigenvalue weighted by Gasteiger charge is 2.69. The average Bonchev–Trinajstić information content (AvgIpc) is 3.72. The minimum absolute atomic E-state index is 0.0493. The predicted octanol–water partition coefficient (Wildman–Crippen LogP) is 7.20. The van der Waals surface area contributed by atoms with Crippen molar-refractivity contribution in [2.75, 3.05) is 4.90 Å². The van der Waals surface area contributed by atoms with Gasteiger partial charge in [-0.25, -0.2) is 4.39 Å². The van der Waals surface area contributed by atoms with Gasteiger partial charge in [-0.2, -0.15) is 0 Å². The highest BCUT2D eigenvalue weighted by atomic mass is 32.2. The highest BCUT2D eigenvalue weighted by Crippen LogP contribution is 2.69. The quantitative estimate of drug-likeness (QED) is 0.194. The maximum absolute atomic E-state index is 13.9. The lowest BCUT2D eigenvalue weighted by atomic mass is 9.68. The number of thiazole rings is 1. The van der Waals surface area contributed by atoms with Gasteiger partial charge in [0.2, 0.25) is 11.8 Å². The molecule has 8 rings (SSSR count). The Morgan fingerprint density at radius 3 is 2.49 bits per heavy atom. The van der Waals surface area contributed by atoms with Crippen LogP contribution in [0.25, 0.3) is 0 Å². The van der Waals surface area contributed by atoms with E-state index in [1.54, 1.807) is 23.1 Å². The van der Waals surface area contributed by atoms with E-state index in [0.29, 0.717) is 12.3 Å². The number of nitrogens with one attached hydrogen (secondary N) is 1. The lowest BCUT2D eigenvalue weighted by Gasteiger charge is -2.43. The molecule has 41 heavy (non-hydrogen) atoms. The molecular formula is C32H25FN2O3S3. The number of benzene rings is 3. The Morgan fingerprint density at radius 2 is 1.71 bits per heavy atom. The van der Waals surface area contributed by atoms with Gasteiger partial charge in [0.25, 0.3) is 0 Å². The summed E-state index contributed by atoms with van der Waals surface area (Å²) in [4.78, 5) is 33.6. The molecule has 2 saturated carbocycles. The van der Waals surface area contributed by atoms with E-state index in [1.165, 1.54) is 34.0 Å². The van der Waals surface area contributed by atoms with Crippen LogP contribution in [0.4, 0.5) is 10.1 Å². The number of aromatic nitrogens is 1. The molecule has 7 unspecified atom stereocenters. The Kier molecular flexibility index (Phi) is 5.98. The Morgan fingerprint density at radius 1 is 0.951 bits per heavy atom. The van der Waals surface area contributed by atoms with Crippen molar-refractivity contribution in [2.45, 2.75) is 29.2 Å². The van der Waals surface area contributed by atoms with Gasteiger partial charge in [0.05, 0.1) is 22.5 Å².